The minimum atomic E-state index is 0.755. The molecule has 0 bridgehead atoms. The lowest BCUT2D eigenvalue weighted by atomic mass is 9.85. The van der Waals surface area contributed by atoms with Gasteiger partial charge in [-0.15, -0.1) is 0 Å². The molecule has 0 aromatic rings. The van der Waals surface area contributed by atoms with Gasteiger partial charge in [-0.3, -0.25) is 0 Å². The van der Waals surface area contributed by atoms with E-state index in [0.29, 0.717) is 0 Å². The summed E-state index contributed by atoms with van der Waals surface area (Å²) in [5.74, 6) is 1.70. The van der Waals surface area contributed by atoms with Crippen molar-refractivity contribution in [3.8, 4) is 0 Å². The molecule has 1 N–H and O–H groups in total. The highest BCUT2D eigenvalue weighted by molar-refractivity contribution is 4.88. The largest absolute Gasteiger partial charge is 0.381 e. The third-order valence-corrected chi connectivity index (χ3v) is 3.63. The van der Waals surface area contributed by atoms with Gasteiger partial charge in [-0.2, -0.15) is 0 Å². The second-order valence-corrected chi connectivity index (χ2v) is 4.41. The van der Waals surface area contributed by atoms with Crippen LogP contribution in [0.25, 0.3) is 0 Å². The molecule has 0 amide bonds. The van der Waals surface area contributed by atoms with E-state index < -0.39 is 0 Å². The number of rotatable bonds is 2. The molecule has 0 spiro atoms. The zero-order chi connectivity index (χ0) is 9.10. The standard InChI is InChI=1S/C11H21NO/c1-2-9-5-6-12-11(9)10-4-3-7-13-8-10/h9-12H,2-8H2,1H3. The number of hydrogen-bond donors (Lipinski definition) is 1. The van der Waals surface area contributed by atoms with Gasteiger partial charge in [0, 0.05) is 12.6 Å². The third-order valence-electron chi connectivity index (χ3n) is 3.63. The molecular weight excluding hydrogens is 162 g/mol. The van der Waals surface area contributed by atoms with E-state index in [9.17, 15) is 0 Å². The summed E-state index contributed by atoms with van der Waals surface area (Å²) in [4.78, 5) is 0. The highest BCUT2D eigenvalue weighted by atomic mass is 16.5. The predicted molar refractivity (Wildman–Crippen MR) is 53.7 cm³/mol. The van der Waals surface area contributed by atoms with Crippen LogP contribution in [-0.4, -0.2) is 25.8 Å². The molecule has 2 heterocycles. The Kier molecular flexibility index (Phi) is 3.23. The minimum Gasteiger partial charge on any atom is -0.381 e. The van der Waals surface area contributed by atoms with Crippen LogP contribution in [0.1, 0.15) is 32.6 Å². The normalized spacial score (nSPS) is 40.8. The lowest BCUT2D eigenvalue weighted by Gasteiger charge is -2.31. The van der Waals surface area contributed by atoms with Crippen LogP contribution >= 0.6 is 0 Å². The summed E-state index contributed by atoms with van der Waals surface area (Å²) >= 11 is 0. The molecule has 3 unspecified atom stereocenters. The second kappa shape index (κ2) is 4.43. The highest BCUT2D eigenvalue weighted by Crippen LogP contribution is 2.29. The molecule has 0 radical (unpaired) electrons. The SMILES string of the molecule is CCC1CCNC1C1CCCOC1. The third kappa shape index (κ3) is 2.05. The van der Waals surface area contributed by atoms with Gasteiger partial charge < -0.3 is 10.1 Å². The van der Waals surface area contributed by atoms with Gasteiger partial charge in [0.05, 0.1) is 6.61 Å². The van der Waals surface area contributed by atoms with E-state index in [2.05, 4.69) is 12.2 Å². The zero-order valence-electron chi connectivity index (χ0n) is 8.59. The average Bonchev–Trinajstić information content (AvgIpc) is 2.67. The van der Waals surface area contributed by atoms with Crippen LogP contribution in [0.3, 0.4) is 0 Å². The topological polar surface area (TPSA) is 21.3 Å². The van der Waals surface area contributed by atoms with Crippen LogP contribution in [0.4, 0.5) is 0 Å². The summed E-state index contributed by atoms with van der Waals surface area (Å²) in [7, 11) is 0. The van der Waals surface area contributed by atoms with Crippen LogP contribution < -0.4 is 5.32 Å². The molecule has 0 aromatic carbocycles. The summed E-state index contributed by atoms with van der Waals surface area (Å²) in [5.41, 5.74) is 0. The smallest absolute Gasteiger partial charge is 0.0509 e. The van der Waals surface area contributed by atoms with Gasteiger partial charge in [0.15, 0.2) is 0 Å². The number of hydrogen-bond acceptors (Lipinski definition) is 2. The molecule has 2 heteroatoms. The van der Waals surface area contributed by atoms with Crippen molar-refractivity contribution in [2.45, 2.75) is 38.6 Å². The Morgan fingerprint density at radius 1 is 1.38 bits per heavy atom. The van der Waals surface area contributed by atoms with E-state index in [4.69, 9.17) is 4.74 Å². The molecule has 2 saturated heterocycles. The number of nitrogens with one attached hydrogen (secondary N) is 1. The van der Waals surface area contributed by atoms with Crippen molar-refractivity contribution in [3.63, 3.8) is 0 Å². The van der Waals surface area contributed by atoms with Crippen LogP contribution in [-0.2, 0) is 4.74 Å². The van der Waals surface area contributed by atoms with Crippen molar-refractivity contribution >= 4 is 0 Å². The Morgan fingerprint density at radius 3 is 3.00 bits per heavy atom. The quantitative estimate of drug-likeness (QED) is 0.705. The van der Waals surface area contributed by atoms with Crippen LogP contribution in [0.15, 0.2) is 0 Å². The fourth-order valence-electron chi connectivity index (χ4n) is 2.84. The molecule has 2 fully saturated rings. The maximum Gasteiger partial charge on any atom is 0.0509 e. The Bertz CT molecular complexity index is 154. The van der Waals surface area contributed by atoms with Gasteiger partial charge in [-0.1, -0.05) is 13.3 Å². The van der Waals surface area contributed by atoms with Crippen molar-refractivity contribution in [1.29, 1.82) is 0 Å². The van der Waals surface area contributed by atoms with Crippen molar-refractivity contribution < 1.29 is 4.74 Å². The molecule has 0 saturated carbocycles. The molecule has 3 atom stereocenters. The Balaban J connectivity index is 1.90. The first kappa shape index (κ1) is 9.47. The summed E-state index contributed by atoms with van der Waals surface area (Å²) in [6.45, 7) is 5.52. The average molecular weight is 183 g/mol. The van der Waals surface area contributed by atoms with E-state index in [1.54, 1.807) is 0 Å². The van der Waals surface area contributed by atoms with Gasteiger partial charge >= 0.3 is 0 Å². The second-order valence-electron chi connectivity index (χ2n) is 4.41. The molecule has 2 rings (SSSR count). The van der Waals surface area contributed by atoms with Crippen LogP contribution in [0, 0.1) is 11.8 Å². The molecule has 0 aliphatic carbocycles. The molecule has 0 aromatic heterocycles. The molecule has 2 aliphatic heterocycles. The van der Waals surface area contributed by atoms with Crippen molar-refractivity contribution in [1.82, 2.24) is 5.32 Å². The van der Waals surface area contributed by atoms with Crippen LogP contribution in [0.2, 0.25) is 0 Å². The van der Waals surface area contributed by atoms with Crippen molar-refractivity contribution in [2.75, 3.05) is 19.8 Å². The van der Waals surface area contributed by atoms with Crippen LogP contribution in [0.5, 0.6) is 0 Å². The fourth-order valence-corrected chi connectivity index (χ4v) is 2.84. The summed E-state index contributed by atoms with van der Waals surface area (Å²) in [6, 6.07) is 0.755. The van der Waals surface area contributed by atoms with Gasteiger partial charge in [0.1, 0.15) is 0 Å². The van der Waals surface area contributed by atoms with Gasteiger partial charge in [0.2, 0.25) is 0 Å². The van der Waals surface area contributed by atoms with E-state index in [-0.39, 0.29) is 0 Å². The van der Waals surface area contributed by atoms with E-state index >= 15 is 0 Å². The molecule has 13 heavy (non-hydrogen) atoms. The monoisotopic (exact) mass is 183 g/mol. The van der Waals surface area contributed by atoms with Gasteiger partial charge in [-0.25, -0.2) is 0 Å². The lowest BCUT2D eigenvalue weighted by Crippen LogP contribution is -2.39. The summed E-state index contributed by atoms with van der Waals surface area (Å²) in [5, 5.41) is 3.65. The first-order valence-electron chi connectivity index (χ1n) is 5.73. The molecule has 2 aliphatic rings. The molecule has 76 valence electrons. The summed E-state index contributed by atoms with van der Waals surface area (Å²) < 4.78 is 5.55. The van der Waals surface area contributed by atoms with Gasteiger partial charge in [-0.05, 0) is 37.6 Å². The minimum absolute atomic E-state index is 0.755. The fraction of sp³-hybridized carbons (Fsp3) is 1.00. The Hall–Kier alpha value is -0.0800. The Labute approximate surface area is 81.0 Å². The van der Waals surface area contributed by atoms with E-state index in [1.165, 1.54) is 32.2 Å². The highest BCUT2D eigenvalue weighted by Gasteiger charge is 2.32. The van der Waals surface area contributed by atoms with Crippen molar-refractivity contribution in [2.24, 2.45) is 11.8 Å². The molecular formula is C11H21NO. The Morgan fingerprint density at radius 2 is 2.31 bits per heavy atom. The van der Waals surface area contributed by atoms with E-state index in [0.717, 1.165) is 31.1 Å². The summed E-state index contributed by atoms with van der Waals surface area (Å²) in [6.07, 6.45) is 5.33. The van der Waals surface area contributed by atoms with Gasteiger partial charge in [0.25, 0.3) is 0 Å². The zero-order valence-corrected chi connectivity index (χ0v) is 8.59. The number of ether oxygens (including phenoxy) is 1. The molecule has 2 nitrogen and oxygen atoms in total. The maximum atomic E-state index is 5.55. The van der Waals surface area contributed by atoms with E-state index in [1.807, 2.05) is 0 Å². The first-order valence-corrected chi connectivity index (χ1v) is 5.73. The first-order chi connectivity index (χ1) is 6.42. The predicted octanol–water partition coefficient (Wildman–Crippen LogP) is 1.80. The van der Waals surface area contributed by atoms with Crippen molar-refractivity contribution in [3.05, 3.63) is 0 Å². The maximum absolute atomic E-state index is 5.55. The lowest BCUT2D eigenvalue weighted by molar-refractivity contribution is 0.0351.